The quantitative estimate of drug-likeness (QED) is 0.190. The van der Waals surface area contributed by atoms with Gasteiger partial charge < -0.3 is 9.47 Å². The second-order valence-corrected chi connectivity index (χ2v) is 10.2. The molecule has 4 aromatic rings. The number of carbonyl (C=O) groups excluding carboxylic acids is 2. The first-order valence-electron chi connectivity index (χ1n) is 11.8. The zero-order chi connectivity index (χ0) is 25.9. The summed E-state index contributed by atoms with van der Waals surface area (Å²) in [6.07, 6.45) is 0.543. The molecule has 8 heteroatoms. The Morgan fingerprint density at radius 2 is 1.68 bits per heavy atom. The summed E-state index contributed by atoms with van der Waals surface area (Å²) < 4.78 is 25.4. The van der Waals surface area contributed by atoms with Crippen LogP contribution in [0.1, 0.15) is 31.4 Å². The number of hydrogen-bond donors (Lipinski definition) is 1. The van der Waals surface area contributed by atoms with Gasteiger partial charge in [0.25, 0.3) is 0 Å². The van der Waals surface area contributed by atoms with Crippen LogP contribution in [0, 0.1) is 11.0 Å². The Bertz CT molecular complexity index is 1430. The minimum atomic E-state index is -0.694. The largest absolute Gasteiger partial charge is 0.441 e. The highest BCUT2D eigenvalue weighted by molar-refractivity contribution is 7.14. The van der Waals surface area contributed by atoms with Gasteiger partial charge >= 0.3 is 12.1 Å². The average molecular weight is 536 g/mol. The van der Waals surface area contributed by atoms with Crippen LogP contribution in [0.5, 0.6) is 5.75 Å². The Balaban J connectivity index is 1.35. The van der Waals surface area contributed by atoms with Crippen LogP contribution in [-0.2, 0) is 9.53 Å². The fraction of sp³-hybridized carbons (Fsp3) is 0.172. The Morgan fingerprint density at radius 3 is 2.35 bits per heavy atom. The first-order valence-corrected chi connectivity index (χ1v) is 13.0. The lowest BCUT2D eigenvalue weighted by atomic mass is 9.98. The number of rotatable bonds is 7. The number of esters is 1. The molecule has 1 fully saturated rings. The molecule has 0 bridgehead atoms. The molecular formula is C29H23ClFNO4S. The molecule has 1 atom stereocenters. The van der Waals surface area contributed by atoms with Crippen molar-refractivity contribution in [1.82, 2.24) is 0 Å². The molecule has 1 amide bonds. The number of hydrogen-bond acceptors (Lipinski definition) is 5. The van der Waals surface area contributed by atoms with Gasteiger partial charge in [0, 0.05) is 16.7 Å². The molecule has 188 valence electrons. The number of nitrogens with one attached hydrogen (secondary N) is 1. The van der Waals surface area contributed by atoms with E-state index in [4.69, 9.17) is 21.1 Å². The number of amides is 1. The van der Waals surface area contributed by atoms with E-state index in [1.54, 1.807) is 43.3 Å². The molecule has 3 aromatic carbocycles. The summed E-state index contributed by atoms with van der Waals surface area (Å²) in [5.74, 6) is 0.302. The molecule has 1 unspecified atom stereocenters. The predicted octanol–water partition coefficient (Wildman–Crippen LogP) is 8.50. The normalized spacial score (nSPS) is 13.6. The van der Waals surface area contributed by atoms with Crippen molar-refractivity contribution in [3.63, 3.8) is 0 Å². The molecule has 1 heterocycles. The number of carbonyl (C=O) groups is 2. The lowest BCUT2D eigenvalue weighted by Crippen LogP contribution is -2.16. The fourth-order valence-electron chi connectivity index (χ4n) is 3.91. The van der Waals surface area contributed by atoms with Crippen molar-refractivity contribution in [1.29, 1.82) is 0 Å². The second kappa shape index (κ2) is 10.7. The summed E-state index contributed by atoms with van der Waals surface area (Å²) in [6, 6.07) is 23.0. The molecule has 1 N–H and O–H groups in total. The molecule has 5 rings (SSSR count). The molecule has 1 aliphatic carbocycles. The molecule has 1 aliphatic rings. The number of benzene rings is 3. The van der Waals surface area contributed by atoms with Gasteiger partial charge in [-0.3, -0.25) is 10.1 Å². The minimum absolute atomic E-state index is 0.0147. The van der Waals surface area contributed by atoms with E-state index in [0.29, 0.717) is 21.3 Å². The number of anilines is 1. The van der Waals surface area contributed by atoms with Gasteiger partial charge in [0.15, 0.2) is 5.13 Å². The SMILES string of the molecule is CC(OC(=O)Nc1cc(F)sc1-c1ccccc1-c1ccc(OC(=O)C2CC2)cc1)c1ccc(Cl)cc1. The zero-order valence-corrected chi connectivity index (χ0v) is 21.4. The van der Waals surface area contributed by atoms with Gasteiger partial charge in [0.05, 0.1) is 16.5 Å². The third-order valence-corrected chi connectivity index (χ3v) is 7.24. The summed E-state index contributed by atoms with van der Waals surface area (Å²) in [5.41, 5.74) is 3.56. The highest BCUT2D eigenvalue weighted by atomic mass is 35.5. The van der Waals surface area contributed by atoms with Gasteiger partial charge in [0.1, 0.15) is 11.9 Å². The lowest BCUT2D eigenvalue weighted by molar-refractivity contribution is -0.135. The van der Waals surface area contributed by atoms with Gasteiger partial charge in [-0.05, 0) is 60.7 Å². The fourth-order valence-corrected chi connectivity index (χ4v) is 4.92. The van der Waals surface area contributed by atoms with Crippen LogP contribution in [0.2, 0.25) is 5.02 Å². The molecule has 0 saturated heterocycles. The van der Waals surface area contributed by atoms with Crippen molar-refractivity contribution in [3.8, 4) is 27.3 Å². The Hall–Kier alpha value is -3.68. The smallest absolute Gasteiger partial charge is 0.412 e. The summed E-state index contributed by atoms with van der Waals surface area (Å²) >= 11 is 6.87. The summed E-state index contributed by atoms with van der Waals surface area (Å²) in [5, 5.41) is 2.85. The summed E-state index contributed by atoms with van der Waals surface area (Å²) in [7, 11) is 0. The third-order valence-electron chi connectivity index (χ3n) is 6.03. The van der Waals surface area contributed by atoms with E-state index in [9.17, 15) is 14.0 Å². The molecule has 1 saturated carbocycles. The maximum absolute atomic E-state index is 14.4. The first kappa shape index (κ1) is 25.0. The average Bonchev–Trinajstić information content (AvgIpc) is 3.68. The van der Waals surface area contributed by atoms with E-state index in [1.807, 2.05) is 36.4 Å². The standard InChI is InChI=1S/C29H23ClFNO4S/c1-17(18-8-12-21(30)13-9-18)35-29(34)32-25-16-26(31)37-27(25)24-5-3-2-4-23(24)19-10-14-22(15-11-19)36-28(33)20-6-7-20/h2-5,8-17,20H,6-7H2,1H3,(H,32,34). The van der Waals surface area contributed by atoms with Gasteiger partial charge in [-0.1, -0.05) is 60.1 Å². The predicted molar refractivity (Wildman–Crippen MR) is 143 cm³/mol. The summed E-state index contributed by atoms with van der Waals surface area (Å²) in [6.45, 7) is 1.75. The van der Waals surface area contributed by atoms with Crippen LogP contribution in [-0.4, -0.2) is 12.1 Å². The van der Waals surface area contributed by atoms with E-state index in [0.717, 1.165) is 46.4 Å². The summed E-state index contributed by atoms with van der Waals surface area (Å²) in [4.78, 5) is 25.2. The van der Waals surface area contributed by atoms with Crippen molar-refractivity contribution >= 4 is 40.7 Å². The Labute approximate surface area is 222 Å². The molecule has 5 nitrogen and oxygen atoms in total. The van der Waals surface area contributed by atoms with Crippen molar-refractivity contribution in [2.75, 3.05) is 5.32 Å². The molecule has 1 aromatic heterocycles. The maximum Gasteiger partial charge on any atom is 0.412 e. The second-order valence-electron chi connectivity index (χ2n) is 8.78. The maximum atomic E-state index is 14.4. The number of halogens is 2. The molecule has 0 spiro atoms. The van der Waals surface area contributed by atoms with Crippen molar-refractivity contribution in [3.05, 3.63) is 94.6 Å². The van der Waals surface area contributed by atoms with E-state index in [2.05, 4.69) is 5.32 Å². The van der Waals surface area contributed by atoms with E-state index < -0.39 is 17.3 Å². The van der Waals surface area contributed by atoms with Crippen LogP contribution < -0.4 is 10.1 Å². The Kier molecular flexibility index (Phi) is 7.26. The zero-order valence-electron chi connectivity index (χ0n) is 19.9. The number of ether oxygens (including phenoxy) is 2. The van der Waals surface area contributed by atoms with Crippen LogP contribution in [0.25, 0.3) is 21.6 Å². The first-order chi connectivity index (χ1) is 17.9. The molecule has 0 aliphatic heterocycles. The van der Waals surface area contributed by atoms with E-state index >= 15 is 0 Å². The van der Waals surface area contributed by atoms with E-state index in [-0.39, 0.29) is 11.9 Å². The Morgan fingerprint density at radius 1 is 1.00 bits per heavy atom. The van der Waals surface area contributed by atoms with Crippen LogP contribution >= 0.6 is 22.9 Å². The van der Waals surface area contributed by atoms with Gasteiger partial charge in [0.2, 0.25) is 0 Å². The molecule has 0 radical (unpaired) electrons. The highest BCUT2D eigenvalue weighted by Crippen LogP contribution is 2.42. The monoisotopic (exact) mass is 535 g/mol. The third kappa shape index (κ3) is 6.01. The van der Waals surface area contributed by atoms with Crippen molar-refractivity contribution in [2.24, 2.45) is 5.92 Å². The lowest BCUT2D eigenvalue weighted by Gasteiger charge is -2.15. The minimum Gasteiger partial charge on any atom is -0.441 e. The van der Waals surface area contributed by atoms with Crippen molar-refractivity contribution in [2.45, 2.75) is 25.9 Å². The molecule has 37 heavy (non-hydrogen) atoms. The topological polar surface area (TPSA) is 64.6 Å². The van der Waals surface area contributed by atoms with Crippen LogP contribution in [0.3, 0.4) is 0 Å². The van der Waals surface area contributed by atoms with E-state index in [1.165, 1.54) is 6.07 Å². The number of thiophene rings is 1. The van der Waals surface area contributed by atoms with Gasteiger partial charge in [-0.2, -0.15) is 4.39 Å². The molecular weight excluding hydrogens is 513 g/mol. The van der Waals surface area contributed by atoms with Crippen LogP contribution in [0.15, 0.2) is 78.9 Å². The van der Waals surface area contributed by atoms with Crippen molar-refractivity contribution < 1.29 is 23.5 Å². The van der Waals surface area contributed by atoms with Gasteiger partial charge in [-0.15, -0.1) is 11.3 Å². The van der Waals surface area contributed by atoms with Crippen LogP contribution in [0.4, 0.5) is 14.9 Å². The highest BCUT2D eigenvalue weighted by Gasteiger charge is 2.31. The van der Waals surface area contributed by atoms with Gasteiger partial charge in [-0.25, -0.2) is 4.79 Å².